The molecule has 0 bridgehead atoms. The topological polar surface area (TPSA) is 53.3 Å². The van der Waals surface area contributed by atoms with Gasteiger partial charge in [0, 0.05) is 15.9 Å². The van der Waals surface area contributed by atoms with Gasteiger partial charge < -0.3 is 14.0 Å². The van der Waals surface area contributed by atoms with E-state index in [1.165, 1.54) is 14.7 Å². The quantitative estimate of drug-likeness (QED) is 0.133. The lowest BCUT2D eigenvalue weighted by Gasteiger charge is -2.10. The van der Waals surface area contributed by atoms with Crippen LogP contribution in [0, 0.1) is 3.57 Å². The van der Waals surface area contributed by atoms with Crippen molar-refractivity contribution in [3.63, 3.8) is 0 Å². The van der Waals surface area contributed by atoms with Crippen molar-refractivity contribution < 1.29 is 14.3 Å². The van der Waals surface area contributed by atoms with Gasteiger partial charge in [-0.3, -0.25) is 0 Å². The molecule has 0 saturated heterocycles. The van der Waals surface area contributed by atoms with Crippen LogP contribution >= 0.6 is 34.4 Å². The van der Waals surface area contributed by atoms with Crippen molar-refractivity contribution in [2.45, 2.75) is 30.8 Å². The summed E-state index contributed by atoms with van der Waals surface area (Å²) in [6.45, 7) is 2.95. The molecule has 7 heteroatoms. The molecule has 0 aliphatic rings. The van der Waals surface area contributed by atoms with Gasteiger partial charge in [0.25, 0.3) is 0 Å². The average Bonchev–Trinajstić information content (AvgIpc) is 3.19. The lowest BCUT2D eigenvalue weighted by Crippen LogP contribution is -2.05. The molecule has 0 aliphatic carbocycles. The molecule has 0 fully saturated rings. The smallest absolute Gasteiger partial charge is 0.338 e. The number of rotatable bonds is 9. The first-order valence-electron chi connectivity index (χ1n) is 10.8. The molecular weight excluding hydrogens is 547 g/mol. The Labute approximate surface area is 211 Å². The van der Waals surface area contributed by atoms with Crippen molar-refractivity contribution in [3.05, 3.63) is 87.0 Å². The highest BCUT2D eigenvalue weighted by atomic mass is 127. The largest absolute Gasteiger partial charge is 0.497 e. The van der Waals surface area contributed by atoms with Gasteiger partial charge in [-0.1, -0.05) is 42.1 Å². The van der Waals surface area contributed by atoms with Crippen molar-refractivity contribution in [3.8, 4) is 5.75 Å². The fraction of sp³-hybridized carbons (Fsp3) is 0.231. The first-order valence-corrected chi connectivity index (χ1v) is 12.8. The highest BCUT2D eigenvalue weighted by Crippen LogP contribution is 2.29. The van der Waals surface area contributed by atoms with E-state index in [1.807, 2.05) is 37.3 Å². The van der Waals surface area contributed by atoms with E-state index in [0.29, 0.717) is 12.2 Å². The van der Waals surface area contributed by atoms with Crippen molar-refractivity contribution in [2.75, 3.05) is 13.7 Å². The second-order valence-electron chi connectivity index (χ2n) is 7.45. The number of hydrogen-bond acceptors (Lipinski definition) is 5. The maximum atomic E-state index is 12.2. The molecule has 0 amide bonds. The lowest BCUT2D eigenvalue weighted by molar-refractivity contribution is 0.0526. The Morgan fingerprint density at radius 2 is 1.88 bits per heavy atom. The number of fused-ring (bicyclic) bond motifs is 1. The molecule has 3 aromatic carbocycles. The summed E-state index contributed by atoms with van der Waals surface area (Å²) >= 11 is 4.09. The molecular formula is C26H25IN2O3S. The van der Waals surface area contributed by atoms with E-state index in [0.717, 1.165) is 40.7 Å². The standard InChI is InChI=1S/C26H25IN2O3S/c1-3-32-25(30)19-10-13-24-23(16-19)28-26(33-17-20-6-4-5-7-22(20)27)29(24)15-14-18-8-11-21(31-2)12-9-18/h4-13,16H,3,14-15,17H2,1-2H3. The maximum Gasteiger partial charge on any atom is 0.338 e. The van der Waals surface area contributed by atoms with E-state index in [9.17, 15) is 4.79 Å². The zero-order valence-corrected chi connectivity index (χ0v) is 21.6. The second kappa shape index (κ2) is 11.1. The number of aryl methyl sites for hydroxylation is 2. The Balaban J connectivity index is 1.63. The van der Waals surface area contributed by atoms with Gasteiger partial charge in [0.05, 0.1) is 30.3 Å². The SMILES string of the molecule is CCOC(=O)c1ccc2c(c1)nc(SCc1ccccc1I)n2CCc1ccc(OC)cc1. The number of ether oxygens (including phenoxy) is 2. The van der Waals surface area contributed by atoms with E-state index in [2.05, 4.69) is 63.6 Å². The van der Waals surface area contributed by atoms with Crippen LogP contribution in [0.4, 0.5) is 0 Å². The fourth-order valence-corrected chi connectivity index (χ4v) is 5.45. The van der Waals surface area contributed by atoms with Crippen LogP contribution in [0.15, 0.2) is 71.9 Å². The number of methoxy groups -OCH3 is 1. The molecule has 5 nitrogen and oxygen atoms in total. The van der Waals surface area contributed by atoms with Crippen LogP contribution in [0.2, 0.25) is 0 Å². The van der Waals surface area contributed by atoms with Gasteiger partial charge in [0.1, 0.15) is 5.75 Å². The third kappa shape index (κ3) is 5.70. The molecule has 0 aliphatic heterocycles. The van der Waals surface area contributed by atoms with Crippen molar-refractivity contribution in [1.82, 2.24) is 9.55 Å². The van der Waals surface area contributed by atoms with E-state index in [1.54, 1.807) is 18.9 Å². The molecule has 33 heavy (non-hydrogen) atoms. The van der Waals surface area contributed by atoms with Crippen molar-refractivity contribution in [1.29, 1.82) is 0 Å². The monoisotopic (exact) mass is 572 g/mol. The molecule has 1 aromatic heterocycles. The molecule has 1 heterocycles. The summed E-state index contributed by atoms with van der Waals surface area (Å²) in [5.74, 6) is 1.36. The molecule has 0 radical (unpaired) electrons. The Morgan fingerprint density at radius 3 is 2.61 bits per heavy atom. The Hall–Kier alpha value is -2.52. The predicted molar refractivity (Wildman–Crippen MR) is 141 cm³/mol. The number of nitrogens with zero attached hydrogens (tertiary/aromatic N) is 2. The molecule has 4 aromatic rings. The van der Waals surface area contributed by atoms with Crippen LogP contribution in [0.1, 0.15) is 28.4 Å². The summed E-state index contributed by atoms with van der Waals surface area (Å²) in [4.78, 5) is 17.1. The van der Waals surface area contributed by atoms with Crippen molar-refractivity contribution in [2.24, 2.45) is 0 Å². The normalized spacial score (nSPS) is 11.0. The maximum absolute atomic E-state index is 12.2. The number of thioether (sulfide) groups is 1. The summed E-state index contributed by atoms with van der Waals surface area (Å²) in [7, 11) is 1.68. The summed E-state index contributed by atoms with van der Waals surface area (Å²) < 4.78 is 13.9. The van der Waals surface area contributed by atoms with Crippen LogP contribution in [0.25, 0.3) is 11.0 Å². The Bertz CT molecular complexity index is 1250. The van der Waals surface area contributed by atoms with E-state index in [-0.39, 0.29) is 5.97 Å². The number of carbonyl (C=O) groups is 1. The van der Waals surface area contributed by atoms with E-state index in [4.69, 9.17) is 14.5 Å². The third-order valence-corrected chi connectivity index (χ3v) is 7.40. The number of benzene rings is 3. The number of aromatic nitrogens is 2. The summed E-state index contributed by atoms with van der Waals surface area (Å²) in [5, 5.41) is 0.944. The number of esters is 1. The van der Waals surface area contributed by atoms with Gasteiger partial charge >= 0.3 is 5.97 Å². The zero-order chi connectivity index (χ0) is 23.2. The highest BCUT2D eigenvalue weighted by molar-refractivity contribution is 14.1. The lowest BCUT2D eigenvalue weighted by atomic mass is 10.1. The minimum Gasteiger partial charge on any atom is -0.497 e. The molecule has 0 unspecified atom stereocenters. The molecule has 0 saturated carbocycles. The summed E-state index contributed by atoms with van der Waals surface area (Å²) in [5.41, 5.74) is 4.86. The number of carbonyl (C=O) groups excluding carboxylic acids is 1. The summed E-state index contributed by atoms with van der Waals surface area (Å²) in [6.07, 6.45) is 0.867. The van der Waals surface area contributed by atoms with Crippen LogP contribution in [0.3, 0.4) is 0 Å². The summed E-state index contributed by atoms with van der Waals surface area (Å²) in [6, 6.07) is 22.2. The Kier molecular flexibility index (Phi) is 7.93. The van der Waals surface area contributed by atoms with Crippen LogP contribution in [0.5, 0.6) is 5.75 Å². The molecule has 0 atom stereocenters. The van der Waals surface area contributed by atoms with Crippen LogP contribution in [-0.4, -0.2) is 29.2 Å². The predicted octanol–water partition coefficient (Wildman–Crippen LogP) is 6.36. The Morgan fingerprint density at radius 1 is 1.09 bits per heavy atom. The van der Waals surface area contributed by atoms with E-state index >= 15 is 0 Å². The van der Waals surface area contributed by atoms with Crippen molar-refractivity contribution >= 4 is 51.4 Å². The highest BCUT2D eigenvalue weighted by Gasteiger charge is 2.15. The molecule has 0 spiro atoms. The molecule has 0 N–H and O–H groups in total. The number of hydrogen-bond donors (Lipinski definition) is 0. The first kappa shape index (κ1) is 23.6. The van der Waals surface area contributed by atoms with Gasteiger partial charge in [0.15, 0.2) is 5.16 Å². The van der Waals surface area contributed by atoms with Gasteiger partial charge in [-0.2, -0.15) is 0 Å². The second-order valence-corrected chi connectivity index (χ2v) is 9.55. The van der Waals surface area contributed by atoms with Crippen LogP contribution < -0.4 is 4.74 Å². The first-order chi connectivity index (χ1) is 16.1. The van der Waals surface area contributed by atoms with Crippen LogP contribution in [-0.2, 0) is 23.5 Å². The molecule has 170 valence electrons. The average molecular weight is 572 g/mol. The van der Waals surface area contributed by atoms with Gasteiger partial charge in [-0.25, -0.2) is 9.78 Å². The fourth-order valence-electron chi connectivity index (χ4n) is 3.57. The van der Waals surface area contributed by atoms with Gasteiger partial charge in [-0.05, 0) is 83.5 Å². The number of imidazole rings is 1. The zero-order valence-electron chi connectivity index (χ0n) is 18.6. The van der Waals surface area contributed by atoms with Gasteiger partial charge in [-0.15, -0.1) is 0 Å². The van der Waals surface area contributed by atoms with Gasteiger partial charge in [0.2, 0.25) is 0 Å². The minimum absolute atomic E-state index is 0.319. The minimum atomic E-state index is -0.319. The molecule has 4 rings (SSSR count). The van der Waals surface area contributed by atoms with E-state index < -0.39 is 0 Å². The third-order valence-electron chi connectivity index (χ3n) is 5.32. The number of halogens is 1.